The van der Waals surface area contributed by atoms with Gasteiger partial charge in [0.25, 0.3) is 0 Å². The molecule has 2 aliphatic heterocycles. The van der Waals surface area contributed by atoms with E-state index in [-0.39, 0.29) is 30.6 Å². The molecule has 2 fully saturated rings. The van der Waals surface area contributed by atoms with E-state index in [1.165, 1.54) is 32.1 Å². The molecule has 286 valence electrons. The lowest BCUT2D eigenvalue weighted by molar-refractivity contribution is -0.253. The number of aliphatic hydroxyl groups is 1. The first-order valence-corrected chi connectivity index (χ1v) is 19.8. The van der Waals surface area contributed by atoms with E-state index in [0.717, 1.165) is 72.3 Å². The van der Waals surface area contributed by atoms with E-state index in [1.807, 2.05) is 36.4 Å². The Morgan fingerprint density at radius 2 is 1.43 bits per heavy atom. The number of carbonyl (C=O) groups is 2. The highest BCUT2D eigenvalue weighted by molar-refractivity contribution is 5.93. The van der Waals surface area contributed by atoms with Crippen LogP contribution < -0.4 is 16.4 Å². The topological polar surface area (TPSA) is 126 Å². The second kappa shape index (κ2) is 20.2. The molecule has 9 heteroatoms. The van der Waals surface area contributed by atoms with E-state index in [9.17, 15) is 14.7 Å². The van der Waals surface area contributed by atoms with Crippen molar-refractivity contribution >= 4 is 23.2 Å². The van der Waals surface area contributed by atoms with Crippen molar-refractivity contribution in [1.82, 2.24) is 10.2 Å². The Balaban J connectivity index is 1.03. The number of carbonyl (C=O) groups excluding carboxylic acids is 2. The minimum absolute atomic E-state index is 0.00125. The van der Waals surface area contributed by atoms with Crippen molar-refractivity contribution in [3.05, 3.63) is 119 Å². The van der Waals surface area contributed by atoms with Gasteiger partial charge in [-0.1, -0.05) is 98.5 Å². The van der Waals surface area contributed by atoms with E-state index in [2.05, 4.69) is 64.1 Å². The van der Waals surface area contributed by atoms with Crippen LogP contribution in [0.5, 0.6) is 0 Å². The summed E-state index contributed by atoms with van der Waals surface area (Å²) in [6.45, 7) is 3.57. The van der Waals surface area contributed by atoms with Gasteiger partial charge < -0.3 is 35.8 Å². The molecule has 6 rings (SSSR count). The van der Waals surface area contributed by atoms with Crippen LogP contribution in [0.25, 0.3) is 11.1 Å². The SMILES string of the molecule is Nc1ccccc1NC(=O)CCCCCC(=O)NCc1cccc(-c2cccc(C3OC(CN4CCCCCCC4)CC(c4ccc(CO)cc4)O3)c2)c1. The largest absolute Gasteiger partial charge is 0.397 e. The summed E-state index contributed by atoms with van der Waals surface area (Å²) in [5.74, 6) is -0.0695. The Bertz CT molecular complexity index is 1790. The highest BCUT2D eigenvalue weighted by Crippen LogP contribution is 2.39. The normalized spacial score (nSPS) is 19.4. The third-order valence-corrected chi connectivity index (χ3v) is 10.5. The Morgan fingerprint density at radius 1 is 0.722 bits per heavy atom. The molecule has 0 spiro atoms. The monoisotopic (exact) mass is 732 g/mol. The average Bonchev–Trinajstić information content (AvgIpc) is 3.19. The van der Waals surface area contributed by atoms with Crippen LogP contribution in [0.4, 0.5) is 11.4 Å². The zero-order valence-electron chi connectivity index (χ0n) is 31.4. The average molecular weight is 733 g/mol. The number of amides is 2. The van der Waals surface area contributed by atoms with E-state index in [4.69, 9.17) is 15.2 Å². The Labute approximate surface area is 320 Å². The van der Waals surface area contributed by atoms with E-state index in [0.29, 0.717) is 37.2 Å². The third kappa shape index (κ3) is 11.7. The van der Waals surface area contributed by atoms with Crippen LogP contribution in [0.2, 0.25) is 0 Å². The van der Waals surface area contributed by atoms with Crippen molar-refractivity contribution < 1.29 is 24.2 Å². The van der Waals surface area contributed by atoms with Crippen LogP contribution in [0, 0.1) is 0 Å². The lowest BCUT2D eigenvalue weighted by Gasteiger charge is -2.39. The van der Waals surface area contributed by atoms with E-state index in [1.54, 1.807) is 12.1 Å². The fraction of sp³-hybridized carbons (Fsp3) is 0.422. The lowest BCUT2D eigenvalue weighted by Crippen LogP contribution is -2.40. The van der Waals surface area contributed by atoms with Crippen molar-refractivity contribution in [2.75, 3.05) is 30.7 Å². The van der Waals surface area contributed by atoms with Gasteiger partial charge in [-0.05, 0) is 90.9 Å². The van der Waals surface area contributed by atoms with Crippen LogP contribution in [-0.2, 0) is 32.2 Å². The van der Waals surface area contributed by atoms with Crippen molar-refractivity contribution in [2.45, 2.75) is 102 Å². The van der Waals surface area contributed by atoms with Gasteiger partial charge in [-0.2, -0.15) is 0 Å². The Kier molecular flexibility index (Phi) is 14.7. The summed E-state index contributed by atoms with van der Waals surface area (Å²) >= 11 is 0. The summed E-state index contributed by atoms with van der Waals surface area (Å²) in [4.78, 5) is 27.5. The van der Waals surface area contributed by atoms with Gasteiger partial charge in [0.05, 0.1) is 30.2 Å². The first kappa shape index (κ1) is 39.2. The molecule has 2 aliphatic rings. The molecule has 0 aromatic heterocycles. The highest BCUT2D eigenvalue weighted by atomic mass is 16.7. The quantitative estimate of drug-likeness (QED) is 0.0714. The molecule has 2 heterocycles. The Hall–Kier alpha value is -4.54. The molecule has 0 saturated carbocycles. The summed E-state index contributed by atoms with van der Waals surface area (Å²) < 4.78 is 13.4. The van der Waals surface area contributed by atoms with Gasteiger partial charge >= 0.3 is 0 Å². The fourth-order valence-corrected chi connectivity index (χ4v) is 7.40. The van der Waals surface area contributed by atoms with Crippen molar-refractivity contribution in [2.24, 2.45) is 0 Å². The number of anilines is 2. The van der Waals surface area contributed by atoms with Crippen LogP contribution in [0.1, 0.15) is 105 Å². The number of benzene rings is 4. The van der Waals surface area contributed by atoms with Crippen LogP contribution in [0.3, 0.4) is 0 Å². The van der Waals surface area contributed by atoms with Gasteiger partial charge in [-0.3, -0.25) is 9.59 Å². The minimum Gasteiger partial charge on any atom is -0.397 e. The first-order valence-electron chi connectivity index (χ1n) is 19.8. The van der Waals surface area contributed by atoms with Gasteiger partial charge in [0.2, 0.25) is 11.8 Å². The van der Waals surface area contributed by atoms with Crippen molar-refractivity contribution in [3.63, 3.8) is 0 Å². The predicted octanol–water partition coefficient (Wildman–Crippen LogP) is 8.45. The number of hydrogen-bond acceptors (Lipinski definition) is 7. The van der Waals surface area contributed by atoms with Crippen molar-refractivity contribution in [1.29, 1.82) is 0 Å². The van der Waals surface area contributed by atoms with Gasteiger partial charge in [0.1, 0.15) is 0 Å². The number of unbranched alkanes of at least 4 members (excludes halogenated alkanes) is 2. The van der Waals surface area contributed by atoms with Crippen LogP contribution in [0.15, 0.2) is 97.1 Å². The molecule has 3 atom stereocenters. The number of nitrogens with two attached hydrogens (primary N) is 1. The van der Waals surface area contributed by atoms with Crippen molar-refractivity contribution in [3.8, 4) is 11.1 Å². The number of nitrogen functional groups attached to an aromatic ring is 1. The molecule has 0 bridgehead atoms. The van der Waals surface area contributed by atoms with E-state index < -0.39 is 6.29 Å². The van der Waals surface area contributed by atoms with Gasteiger partial charge in [0, 0.05) is 37.9 Å². The number of hydrogen-bond donors (Lipinski definition) is 4. The molecule has 54 heavy (non-hydrogen) atoms. The molecule has 2 amide bonds. The smallest absolute Gasteiger partial charge is 0.224 e. The second-order valence-electron chi connectivity index (χ2n) is 14.7. The van der Waals surface area contributed by atoms with Gasteiger partial charge in [-0.25, -0.2) is 0 Å². The van der Waals surface area contributed by atoms with Gasteiger partial charge in [0.15, 0.2) is 6.29 Å². The number of nitrogens with zero attached hydrogens (tertiary/aromatic N) is 1. The molecular formula is C45H56N4O5. The summed E-state index contributed by atoms with van der Waals surface area (Å²) in [6.07, 6.45) is 9.60. The molecule has 2 saturated heterocycles. The zero-order chi connectivity index (χ0) is 37.5. The molecule has 4 aromatic carbocycles. The number of ether oxygens (including phenoxy) is 2. The molecule has 9 nitrogen and oxygen atoms in total. The molecule has 3 unspecified atom stereocenters. The first-order chi connectivity index (χ1) is 26.4. The third-order valence-electron chi connectivity index (χ3n) is 10.5. The highest BCUT2D eigenvalue weighted by Gasteiger charge is 2.33. The molecule has 0 aliphatic carbocycles. The Morgan fingerprint density at radius 3 is 2.19 bits per heavy atom. The summed E-state index contributed by atoms with van der Waals surface area (Å²) in [5, 5.41) is 15.5. The van der Waals surface area contributed by atoms with E-state index >= 15 is 0 Å². The van der Waals surface area contributed by atoms with Crippen LogP contribution in [-0.4, -0.2) is 47.6 Å². The number of likely N-dealkylation sites (tertiary alicyclic amines) is 1. The molecule has 5 N–H and O–H groups in total. The van der Waals surface area contributed by atoms with Crippen LogP contribution >= 0.6 is 0 Å². The number of para-hydroxylation sites is 2. The number of rotatable bonds is 15. The molecular weight excluding hydrogens is 677 g/mol. The minimum atomic E-state index is -0.513. The maximum atomic E-state index is 12.7. The second-order valence-corrected chi connectivity index (χ2v) is 14.7. The predicted molar refractivity (Wildman–Crippen MR) is 214 cm³/mol. The number of nitrogens with one attached hydrogen (secondary N) is 2. The molecule has 4 aromatic rings. The molecule has 0 radical (unpaired) electrons. The standard InChI is InChI=1S/C45H56N4O5/c46-40-17-7-8-18-41(40)48-44(52)20-6-4-5-19-43(51)47-30-34-13-11-14-36(27-34)37-15-12-16-38(28-37)45-53-39(31-49-25-9-2-1-3-10-26-49)29-42(54-45)35-23-21-33(32-50)22-24-35/h7-8,11-18,21-24,27-28,39,42,45,50H,1-6,9-10,19-20,25-26,29-32,46H2,(H,47,51)(H,48,52). The lowest BCUT2D eigenvalue weighted by atomic mass is 9.98. The maximum Gasteiger partial charge on any atom is 0.224 e. The maximum absolute atomic E-state index is 12.7. The summed E-state index contributed by atoms with van der Waals surface area (Å²) in [6, 6.07) is 31.9. The number of aliphatic hydroxyl groups excluding tert-OH is 1. The summed E-state index contributed by atoms with van der Waals surface area (Å²) in [5.41, 5.74) is 13.2. The fourth-order valence-electron chi connectivity index (χ4n) is 7.40. The summed E-state index contributed by atoms with van der Waals surface area (Å²) in [7, 11) is 0. The van der Waals surface area contributed by atoms with Gasteiger partial charge in [-0.15, -0.1) is 0 Å². The zero-order valence-corrected chi connectivity index (χ0v) is 31.4.